The molecular weight excluding hydrogens is 425 g/mol. The number of pyridine rings is 1. The van der Waals surface area contributed by atoms with Crippen molar-refractivity contribution < 1.29 is 18.4 Å². The third-order valence-electron chi connectivity index (χ3n) is 4.45. The minimum atomic E-state index is -2.84. The Kier molecular flexibility index (Phi) is 8.94. The summed E-state index contributed by atoms with van der Waals surface area (Å²) in [6.45, 7) is -0.248. The fourth-order valence-electron chi connectivity index (χ4n) is 2.86. The zero-order valence-electron chi connectivity index (χ0n) is 15.6. The van der Waals surface area contributed by atoms with Crippen molar-refractivity contribution in [1.29, 1.82) is 0 Å². The standard InChI is InChI=1S/C19H20F2N4O2.2ClH/c1-25(18(27)14-6-8-22-9-7-14)15-4-2-13(3-5-15)11-23-17(26)16-10-19(20,21)12-24-16;;/h2-9,16,24H,10-12H2,1H3,(H,23,26);2*1H. The van der Waals surface area contributed by atoms with Gasteiger partial charge in [-0.05, 0) is 29.8 Å². The van der Waals surface area contributed by atoms with E-state index in [4.69, 9.17) is 0 Å². The van der Waals surface area contributed by atoms with Gasteiger partial charge in [-0.1, -0.05) is 12.1 Å². The van der Waals surface area contributed by atoms with Crippen LogP contribution in [0.1, 0.15) is 22.3 Å². The number of hydrogen-bond acceptors (Lipinski definition) is 4. The highest BCUT2D eigenvalue weighted by molar-refractivity contribution is 6.05. The topological polar surface area (TPSA) is 74.3 Å². The average molecular weight is 447 g/mol. The van der Waals surface area contributed by atoms with Crippen LogP contribution in [0, 0.1) is 0 Å². The Bertz CT molecular complexity index is 823. The van der Waals surface area contributed by atoms with Crippen molar-refractivity contribution in [2.45, 2.75) is 24.9 Å². The van der Waals surface area contributed by atoms with Crippen LogP contribution in [0.2, 0.25) is 0 Å². The Morgan fingerprint density at radius 1 is 1.17 bits per heavy atom. The minimum Gasteiger partial charge on any atom is -0.351 e. The highest BCUT2D eigenvalue weighted by Crippen LogP contribution is 2.25. The molecule has 10 heteroatoms. The summed E-state index contributed by atoms with van der Waals surface area (Å²) in [7, 11) is 1.67. The monoisotopic (exact) mass is 446 g/mol. The molecule has 1 aromatic carbocycles. The number of alkyl halides is 2. The lowest BCUT2D eigenvalue weighted by Crippen LogP contribution is -2.40. The summed E-state index contributed by atoms with van der Waals surface area (Å²) in [4.78, 5) is 29.8. The number of halogens is 4. The normalized spacial score (nSPS) is 16.9. The number of carbonyl (C=O) groups excluding carboxylic acids is 2. The van der Waals surface area contributed by atoms with Crippen LogP contribution in [0.25, 0.3) is 0 Å². The van der Waals surface area contributed by atoms with Crippen LogP contribution in [0.4, 0.5) is 14.5 Å². The van der Waals surface area contributed by atoms with Crippen LogP contribution in [0.5, 0.6) is 0 Å². The molecule has 0 aliphatic carbocycles. The molecule has 0 spiro atoms. The molecule has 1 atom stereocenters. The quantitative estimate of drug-likeness (QED) is 0.740. The predicted octanol–water partition coefficient (Wildman–Crippen LogP) is 2.82. The first-order valence-corrected chi connectivity index (χ1v) is 8.52. The highest BCUT2D eigenvalue weighted by atomic mass is 35.5. The summed E-state index contributed by atoms with van der Waals surface area (Å²) in [6, 6.07) is 9.51. The number of aromatic nitrogens is 1. The van der Waals surface area contributed by atoms with Crippen molar-refractivity contribution in [2.75, 3.05) is 18.5 Å². The molecule has 2 aromatic rings. The van der Waals surface area contributed by atoms with Gasteiger partial charge in [0.15, 0.2) is 0 Å². The molecule has 6 nitrogen and oxygen atoms in total. The first kappa shape index (κ1) is 24.7. The molecule has 1 saturated heterocycles. The van der Waals surface area contributed by atoms with Gasteiger partial charge in [0, 0.05) is 43.7 Å². The maximum absolute atomic E-state index is 13.1. The van der Waals surface area contributed by atoms with Crippen molar-refractivity contribution in [3.05, 3.63) is 59.9 Å². The van der Waals surface area contributed by atoms with Gasteiger partial charge >= 0.3 is 0 Å². The average Bonchev–Trinajstić information content (AvgIpc) is 3.06. The number of carbonyl (C=O) groups is 2. The SMILES string of the molecule is CN(C(=O)c1ccncc1)c1ccc(CNC(=O)C2CC(F)(F)CN2)cc1.Cl.Cl. The van der Waals surface area contributed by atoms with Crippen LogP contribution in [-0.4, -0.2) is 42.4 Å². The lowest BCUT2D eigenvalue weighted by molar-refractivity contribution is -0.123. The van der Waals surface area contributed by atoms with Crippen LogP contribution in [-0.2, 0) is 11.3 Å². The fourth-order valence-corrected chi connectivity index (χ4v) is 2.86. The van der Waals surface area contributed by atoms with Gasteiger partial charge in [-0.15, -0.1) is 24.8 Å². The highest BCUT2D eigenvalue weighted by Gasteiger charge is 2.42. The fraction of sp³-hybridized carbons (Fsp3) is 0.316. The van der Waals surface area contributed by atoms with E-state index in [-0.39, 0.29) is 37.3 Å². The van der Waals surface area contributed by atoms with E-state index in [0.29, 0.717) is 11.3 Å². The third-order valence-corrected chi connectivity index (χ3v) is 4.45. The van der Waals surface area contributed by atoms with E-state index in [1.165, 1.54) is 4.90 Å². The summed E-state index contributed by atoms with van der Waals surface area (Å²) in [5, 5.41) is 5.18. The molecule has 0 bridgehead atoms. The maximum atomic E-state index is 13.1. The molecule has 1 fully saturated rings. The second kappa shape index (κ2) is 10.5. The van der Waals surface area contributed by atoms with E-state index in [1.54, 1.807) is 55.8 Å². The molecule has 1 aliphatic heterocycles. The van der Waals surface area contributed by atoms with Gasteiger partial charge in [0.05, 0.1) is 12.6 Å². The van der Waals surface area contributed by atoms with Gasteiger partial charge < -0.3 is 10.2 Å². The second-order valence-corrected chi connectivity index (χ2v) is 6.48. The molecule has 1 aromatic heterocycles. The summed E-state index contributed by atoms with van der Waals surface area (Å²) in [6.07, 6.45) is 2.63. The van der Waals surface area contributed by atoms with Crippen molar-refractivity contribution >= 4 is 42.3 Å². The summed E-state index contributed by atoms with van der Waals surface area (Å²) in [5.41, 5.74) is 2.04. The van der Waals surface area contributed by atoms with Crippen LogP contribution < -0.4 is 15.5 Å². The number of nitrogens with zero attached hydrogens (tertiary/aromatic N) is 2. The number of amides is 2. The van der Waals surface area contributed by atoms with E-state index >= 15 is 0 Å². The smallest absolute Gasteiger partial charge is 0.262 e. The Balaban J connectivity index is 0.00000210. The molecule has 3 rings (SSSR count). The predicted molar refractivity (Wildman–Crippen MR) is 111 cm³/mol. The van der Waals surface area contributed by atoms with Crippen molar-refractivity contribution in [3.8, 4) is 0 Å². The minimum absolute atomic E-state index is 0. The Hall–Kier alpha value is -2.29. The molecule has 2 amide bonds. The molecule has 158 valence electrons. The van der Waals surface area contributed by atoms with E-state index < -0.39 is 30.8 Å². The zero-order chi connectivity index (χ0) is 19.4. The van der Waals surface area contributed by atoms with Gasteiger partial charge in [-0.25, -0.2) is 8.78 Å². The van der Waals surface area contributed by atoms with Crippen LogP contribution in [0.15, 0.2) is 48.8 Å². The Morgan fingerprint density at radius 2 is 1.79 bits per heavy atom. The van der Waals surface area contributed by atoms with Gasteiger partial charge in [-0.2, -0.15) is 0 Å². The third kappa shape index (κ3) is 6.35. The summed E-state index contributed by atoms with van der Waals surface area (Å²) < 4.78 is 26.3. The largest absolute Gasteiger partial charge is 0.351 e. The summed E-state index contributed by atoms with van der Waals surface area (Å²) >= 11 is 0. The molecule has 0 saturated carbocycles. The van der Waals surface area contributed by atoms with E-state index in [9.17, 15) is 18.4 Å². The Morgan fingerprint density at radius 3 is 2.34 bits per heavy atom. The van der Waals surface area contributed by atoms with Crippen molar-refractivity contribution in [3.63, 3.8) is 0 Å². The number of rotatable bonds is 5. The number of hydrogen-bond donors (Lipinski definition) is 2. The Labute approximate surface area is 179 Å². The lowest BCUT2D eigenvalue weighted by atomic mass is 10.1. The lowest BCUT2D eigenvalue weighted by Gasteiger charge is -2.18. The van der Waals surface area contributed by atoms with Crippen LogP contribution >= 0.6 is 24.8 Å². The van der Waals surface area contributed by atoms with Gasteiger partial charge in [-0.3, -0.25) is 19.9 Å². The molecule has 29 heavy (non-hydrogen) atoms. The number of anilines is 1. The molecular formula is C19H22Cl2F2N4O2. The number of nitrogens with one attached hydrogen (secondary N) is 2. The van der Waals surface area contributed by atoms with E-state index in [0.717, 1.165) is 5.56 Å². The van der Waals surface area contributed by atoms with E-state index in [1.807, 2.05) is 0 Å². The molecule has 2 N–H and O–H groups in total. The first-order valence-electron chi connectivity index (χ1n) is 8.52. The van der Waals surface area contributed by atoms with Crippen molar-refractivity contribution in [2.24, 2.45) is 0 Å². The van der Waals surface area contributed by atoms with Gasteiger partial charge in [0.1, 0.15) is 0 Å². The zero-order valence-corrected chi connectivity index (χ0v) is 17.2. The maximum Gasteiger partial charge on any atom is 0.262 e. The molecule has 1 aliphatic rings. The van der Waals surface area contributed by atoms with Gasteiger partial charge in [0.25, 0.3) is 11.8 Å². The number of benzene rings is 1. The molecule has 2 heterocycles. The molecule has 1 unspecified atom stereocenters. The van der Waals surface area contributed by atoms with Crippen LogP contribution in [0.3, 0.4) is 0 Å². The van der Waals surface area contributed by atoms with Gasteiger partial charge in [0.2, 0.25) is 5.91 Å². The van der Waals surface area contributed by atoms with Crippen molar-refractivity contribution in [1.82, 2.24) is 15.6 Å². The second-order valence-electron chi connectivity index (χ2n) is 6.48. The van der Waals surface area contributed by atoms with E-state index in [2.05, 4.69) is 15.6 Å². The molecule has 0 radical (unpaired) electrons. The first-order chi connectivity index (χ1) is 12.9. The summed E-state index contributed by atoms with van der Waals surface area (Å²) in [5.74, 6) is -3.44.